The zero-order valence-corrected chi connectivity index (χ0v) is 26.1. The van der Waals surface area contributed by atoms with Crippen LogP contribution >= 0.6 is 0 Å². The fourth-order valence-electron chi connectivity index (χ4n) is 8.29. The van der Waals surface area contributed by atoms with Crippen LogP contribution in [0.4, 0.5) is 0 Å². The van der Waals surface area contributed by atoms with E-state index >= 15 is 0 Å². The van der Waals surface area contributed by atoms with E-state index in [2.05, 4.69) is 150 Å². The normalized spacial score (nSPS) is 15.4. The number of nitrogens with zero attached hydrogens (tertiary/aromatic N) is 1. The minimum absolute atomic E-state index is 0.330. The first-order chi connectivity index (χ1) is 23.3. The first-order valence-corrected chi connectivity index (χ1v) is 16.8. The minimum Gasteiger partial charge on any atom is -0.456 e. The van der Waals surface area contributed by atoms with Crippen molar-refractivity contribution in [2.45, 2.75) is 31.6 Å². The fourth-order valence-corrected chi connectivity index (χ4v) is 8.29. The van der Waals surface area contributed by atoms with Crippen molar-refractivity contribution in [3.63, 3.8) is 0 Å². The molecule has 2 aliphatic carbocycles. The van der Waals surface area contributed by atoms with Crippen molar-refractivity contribution < 1.29 is 4.42 Å². The Morgan fingerprint density at radius 1 is 0.596 bits per heavy atom. The van der Waals surface area contributed by atoms with Crippen LogP contribution in [0.1, 0.15) is 46.8 Å². The molecule has 0 aliphatic heterocycles. The maximum atomic E-state index is 6.22. The second-order valence-electron chi connectivity index (χ2n) is 13.1. The van der Waals surface area contributed by atoms with Gasteiger partial charge in [-0.15, -0.1) is 0 Å². The number of aryl methyl sites for hydroxylation is 2. The number of para-hydroxylation sites is 2. The van der Waals surface area contributed by atoms with E-state index in [0.717, 1.165) is 37.0 Å². The van der Waals surface area contributed by atoms with E-state index < -0.39 is 0 Å². The Morgan fingerprint density at radius 2 is 1.40 bits per heavy atom. The molecule has 0 saturated carbocycles. The molecule has 2 nitrogen and oxygen atoms in total. The summed E-state index contributed by atoms with van der Waals surface area (Å²) >= 11 is 0. The van der Waals surface area contributed by atoms with Gasteiger partial charge in [-0.1, -0.05) is 91.0 Å². The van der Waals surface area contributed by atoms with Gasteiger partial charge in [-0.3, -0.25) is 0 Å². The predicted molar refractivity (Wildman–Crippen MR) is 195 cm³/mol. The summed E-state index contributed by atoms with van der Waals surface area (Å²) in [6, 6.07) is 49.6. The Morgan fingerprint density at radius 3 is 2.36 bits per heavy atom. The Kier molecular flexibility index (Phi) is 5.93. The highest BCUT2D eigenvalue weighted by Gasteiger charge is 2.25. The molecule has 0 spiro atoms. The number of rotatable bonds is 3. The maximum absolute atomic E-state index is 6.22. The summed E-state index contributed by atoms with van der Waals surface area (Å²) in [7, 11) is 0. The van der Waals surface area contributed by atoms with E-state index in [0.29, 0.717) is 5.92 Å². The molecule has 8 aromatic rings. The third kappa shape index (κ3) is 4.18. The molecule has 224 valence electrons. The van der Waals surface area contributed by atoms with Crippen LogP contribution in [-0.2, 0) is 12.8 Å². The van der Waals surface area contributed by atoms with Gasteiger partial charge in [0.1, 0.15) is 11.3 Å². The highest BCUT2D eigenvalue weighted by molar-refractivity contribution is 6.10. The predicted octanol–water partition coefficient (Wildman–Crippen LogP) is 11.9. The molecule has 0 fully saturated rings. The molecule has 0 saturated heterocycles. The molecule has 0 bridgehead atoms. The van der Waals surface area contributed by atoms with Gasteiger partial charge in [-0.2, -0.15) is 0 Å². The van der Waals surface area contributed by atoms with Gasteiger partial charge in [0, 0.05) is 33.3 Å². The second kappa shape index (κ2) is 10.5. The van der Waals surface area contributed by atoms with Gasteiger partial charge < -0.3 is 8.98 Å². The minimum atomic E-state index is 0.330. The zero-order chi connectivity index (χ0) is 30.9. The second-order valence-corrected chi connectivity index (χ2v) is 13.1. The summed E-state index contributed by atoms with van der Waals surface area (Å²) in [4.78, 5) is 0. The van der Waals surface area contributed by atoms with Gasteiger partial charge in [0.15, 0.2) is 0 Å². The molecule has 1 unspecified atom stereocenters. The average Bonchev–Trinajstić information content (AvgIpc) is 3.62. The molecule has 2 heterocycles. The van der Waals surface area contributed by atoms with Gasteiger partial charge in [-0.25, -0.2) is 0 Å². The maximum Gasteiger partial charge on any atom is 0.135 e. The molecule has 2 aliphatic rings. The van der Waals surface area contributed by atoms with E-state index in [1.54, 1.807) is 0 Å². The van der Waals surface area contributed by atoms with Crippen LogP contribution in [0.15, 0.2) is 144 Å². The van der Waals surface area contributed by atoms with Crippen LogP contribution < -0.4 is 0 Å². The van der Waals surface area contributed by atoms with E-state index in [9.17, 15) is 0 Å². The van der Waals surface area contributed by atoms with E-state index in [1.807, 2.05) is 0 Å². The van der Waals surface area contributed by atoms with Crippen LogP contribution in [0.3, 0.4) is 0 Å². The van der Waals surface area contributed by atoms with Crippen molar-refractivity contribution >= 4 is 38.9 Å². The number of furan rings is 1. The molecule has 2 aromatic heterocycles. The van der Waals surface area contributed by atoms with Crippen LogP contribution in [0.2, 0.25) is 0 Å². The molecule has 0 radical (unpaired) electrons. The van der Waals surface area contributed by atoms with Gasteiger partial charge in [-0.05, 0) is 119 Å². The van der Waals surface area contributed by atoms with Crippen LogP contribution in [0.25, 0.3) is 66.8 Å². The van der Waals surface area contributed by atoms with Gasteiger partial charge in [0.25, 0.3) is 0 Å². The number of benzene rings is 6. The first kappa shape index (κ1) is 26.6. The molecule has 6 aromatic carbocycles. The number of fused-ring (bicyclic) bond motifs is 9. The first-order valence-electron chi connectivity index (χ1n) is 16.8. The zero-order valence-electron chi connectivity index (χ0n) is 26.1. The topological polar surface area (TPSA) is 18.1 Å². The molecular formula is C45H33NO. The molecule has 1 atom stereocenters. The van der Waals surface area contributed by atoms with Gasteiger partial charge in [0.2, 0.25) is 0 Å². The standard InChI is InChI=1S/C45H33NO/c1-2-10-33(11-3-1)46-42-16-8-6-14-37(42)40-27-31(21-24-43(40)46)30-19-18-29-20-23-34(35-12-4-5-13-36(35)39(29)26-30)32-22-25-45-41(28-32)38-15-7-9-17-44(38)47-45/h1-6,8-14,16-19,21-22,24-28,34H,7,15,20,23H2. The van der Waals surface area contributed by atoms with Crippen molar-refractivity contribution in [3.05, 3.63) is 168 Å². The van der Waals surface area contributed by atoms with Crippen molar-refractivity contribution in [2.75, 3.05) is 0 Å². The summed E-state index contributed by atoms with van der Waals surface area (Å²) in [5, 5.41) is 3.85. The summed E-state index contributed by atoms with van der Waals surface area (Å²) < 4.78 is 8.60. The fraction of sp³-hybridized carbons (Fsp3) is 0.111. The molecule has 2 heteroatoms. The Hall–Kier alpha value is -5.60. The van der Waals surface area contributed by atoms with E-state index in [-0.39, 0.29) is 0 Å². The van der Waals surface area contributed by atoms with E-state index in [1.165, 1.54) is 77.4 Å². The average molecular weight is 604 g/mol. The lowest BCUT2D eigenvalue weighted by Crippen LogP contribution is -2.02. The number of allylic oxidation sites excluding steroid dienone is 1. The molecule has 10 rings (SSSR count). The Bertz CT molecular complexity index is 2530. The largest absolute Gasteiger partial charge is 0.456 e. The molecule has 0 amide bonds. The van der Waals surface area contributed by atoms with E-state index in [4.69, 9.17) is 4.42 Å². The van der Waals surface area contributed by atoms with Crippen molar-refractivity contribution in [1.29, 1.82) is 0 Å². The molecule has 0 N–H and O–H groups in total. The third-order valence-corrected chi connectivity index (χ3v) is 10.5. The number of hydrogen-bond acceptors (Lipinski definition) is 1. The lowest BCUT2D eigenvalue weighted by Gasteiger charge is -2.19. The Balaban J connectivity index is 1.09. The third-order valence-electron chi connectivity index (χ3n) is 10.5. The SMILES string of the molecule is C1=Cc2oc3ccc(C4CCc5ccc(-c6ccc7c(c6)c6ccccc6n7-c6ccccc6)cc5-c5ccccc54)cc3c2CC1. The lowest BCUT2D eigenvalue weighted by atomic mass is 9.85. The van der Waals surface area contributed by atoms with Gasteiger partial charge >= 0.3 is 0 Å². The van der Waals surface area contributed by atoms with Crippen LogP contribution in [0, 0.1) is 0 Å². The highest BCUT2D eigenvalue weighted by atomic mass is 16.3. The number of hydrogen-bond donors (Lipinski definition) is 0. The molecular weight excluding hydrogens is 571 g/mol. The van der Waals surface area contributed by atoms with Crippen LogP contribution in [0.5, 0.6) is 0 Å². The summed E-state index contributed by atoms with van der Waals surface area (Å²) in [6.45, 7) is 0. The quantitative estimate of drug-likeness (QED) is 0.196. The smallest absolute Gasteiger partial charge is 0.135 e. The lowest BCUT2D eigenvalue weighted by molar-refractivity contribution is 0.595. The van der Waals surface area contributed by atoms with Gasteiger partial charge in [0.05, 0.1) is 11.0 Å². The highest BCUT2D eigenvalue weighted by Crippen LogP contribution is 2.44. The summed E-state index contributed by atoms with van der Waals surface area (Å²) in [5.74, 6) is 1.36. The number of aromatic nitrogens is 1. The van der Waals surface area contributed by atoms with Crippen molar-refractivity contribution in [1.82, 2.24) is 4.57 Å². The van der Waals surface area contributed by atoms with Crippen molar-refractivity contribution in [3.8, 4) is 27.9 Å². The summed E-state index contributed by atoms with van der Waals surface area (Å²) in [6.07, 6.45) is 8.63. The summed E-state index contributed by atoms with van der Waals surface area (Å²) in [5.41, 5.74) is 15.5. The van der Waals surface area contributed by atoms with Crippen LogP contribution in [-0.4, -0.2) is 4.57 Å². The van der Waals surface area contributed by atoms with Crippen molar-refractivity contribution in [2.24, 2.45) is 0 Å². The Labute approximate surface area is 274 Å². The monoisotopic (exact) mass is 603 g/mol. The molecule has 47 heavy (non-hydrogen) atoms.